The van der Waals surface area contributed by atoms with E-state index >= 15 is 0 Å². The maximum Gasteiger partial charge on any atom is 0.138 e. The van der Waals surface area contributed by atoms with E-state index in [1.807, 2.05) is 42.6 Å². The molecule has 64 valence electrons. The fourth-order valence-corrected chi connectivity index (χ4v) is 1.02. The van der Waals surface area contributed by atoms with E-state index in [2.05, 4.69) is 10.1 Å². The van der Waals surface area contributed by atoms with Gasteiger partial charge in [0.1, 0.15) is 12.7 Å². The van der Waals surface area contributed by atoms with Crippen LogP contribution in [0.1, 0.15) is 5.56 Å². The van der Waals surface area contributed by atoms with Crippen molar-refractivity contribution >= 4 is 12.3 Å². The summed E-state index contributed by atoms with van der Waals surface area (Å²) in [7, 11) is 0. The van der Waals surface area contributed by atoms with Crippen LogP contribution in [0.25, 0.3) is 12.3 Å². The van der Waals surface area contributed by atoms with Crippen LogP contribution in [0.4, 0.5) is 0 Å². The zero-order valence-corrected chi connectivity index (χ0v) is 7.04. The molecule has 0 N–H and O–H groups in total. The summed E-state index contributed by atoms with van der Waals surface area (Å²) in [6.45, 7) is 0. The van der Waals surface area contributed by atoms with Crippen LogP contribution in [0, 0.1) is 0 Å². The third-order valence-corrected chi connectivity index (χ3v) is 1.66. The summed E-state index contributed by atoms with van der Waals surface area (Å²) in [6.07, 6.45) is 7.01. The summed E-state index contributed by atoms with van der Waals surface area (Å²) >= 11 is 0. The van der Waals surface area contributed by atoms with Gasteiger partial charge >= 0.3 is 0 Å². The highest BCUT2D eigenvalue weighted by Gasteiger charge is 1.84. The molecule has 0 saturated carbocycles. The summed E-state index contributed by atoms with van der Waals surface area (Å²) in [6, 6.07) is 10.1. The molecule has 0 amide bonds. The fourth-order valence-electron chi connectivity index (χ4n) is 1.02. The molecule has 0 aliphatic heterocycles. The minimum absolute atomic E-state index is 1.15. The van der Waals surface area contributed by atoms with Gasteiger partial charge in [-0.2, -0.15) is 5.10 Å². The average Bonchev–Trinajstić information content (AvgIpc) is 2.69. The molecular formula is C10H9N3. The first-order valence-corrected chi connectivity index (χ1v) is 4.02. The molecule has 3 nitrogen and oxygen atoms in total. The van der Waals surface area contributed by atoms with Crippen molar-refractivity contribution in [3.63, 3.8) is 0 Å². The van der Waals surface area contributed by atoms with E-state index < -0.39 is 0 Å². The zero-order chi connectivity index (χ0) is 8.93. The van der Waals surface area contributed by atoms with Gasteiger partial charge in [-0.1, -0.05) is 30.3 Å². The second kappa shape index (κ2) is 3.67. The molecule has 0 bridgehead atoms. The van der Waals surface area contributed by atoms with Crippen LogP contribution in [-0.4, -0.2) is 14.8 Å². The van der Waals surface area contributed by atoms with Crippen LogP contribution in [0.5, 0.6) is 0 Å². The molecule has 2 rings (SSSR count). The van der Waals surface area contributed by atoms with Crippen LogP contribution in [0.3, 0.4) is 0 Å². The fraction of sp³-hybridized carbons (Fsp3) is 0. The standard InChI is InChI=1S/C10H9N3/c1-2-4-10(5-3-1)6-7-13-9-11-8-12-13/h1-9H/b7-6+. The van der Waals surface area contributed by atoms with Gasteiger partial charge < -0.3 is 0 Å². The zero-order valence-electron chi connectivity index (χ0n) is 7.04. The molecule has 1 aromatic heterocycles. The van der Waals surface area contributed by atoms with Crippen molar-refractivity contribution in [2.75, 3.05) is 0 Å². The smallest absolute Gasteiger partial charge is 0.138 e. The van der Waals surface area contributed by atoms with E-state index in [-0.39, 0.29) is 0 Å². The molecule has 1 heterocycles. The van der Waals surface area contributed by atoms with Crippen LogP contribution in [-0.2, 0) is 0 Å². The van der Waals surface area contributed by atoms with E-state index in [1.54, 1.807) is 11.0 Å². The Balaban J connectivity index is 2.15. The van der Waals surface area contributed by atoms with Gasteiger partial charge in [-0.25, -0.2) is 9.67 Å². The number of rotatable bonds is 2. The highest BCUT2D eigenvalue weighted by Crippen LogP contribution is 2.01. The van der Waals surface area contributed by atoms with Gasteiger partial charge in [0.15, 0.2) is 0 Å². The first kappa shape index (κ1) is 7.73. The number of benzene rings is 1. The lowest BCUT2D eigenvalue weighted by Crippen LogP contribution is -1.83. The van der Waals surface area contributed by atoms with Crippen molar-refractivity contribution in [3.05, 3.63) is 48.5 Å². The lowest BCUT2D eigenvalue weighted by molar-refractivity contribution is 0.937. The normalized spacial score (nSPS) is 10.8. The Hall–Kier alpha value is -1.90. The summed E-state index contributed by atoms with van der Waals surface area (Å²) in [5.74, 6) is 0. The Labute approximate surface area is 76.4 Å². The quantitative estimate of drug-likeness (QED) is 0.691. The lowest BCUT2D eigenvalue weighted by Gasteiger charge is -1.90. The molecular weight excluding hydrogens is 162 g/mol. The largest absolute Gasteiger partial charge is 0.228 e. The van der Waals surface area contributed by atoms with Crippen LogP contribution >= 0.6 is 0 Å². The summed E-state index contributed by atoms with van der Waals surface area (Å²) in [4.78, 5) is 3.84. The topological polar surface area (TPSA) is 30.7 Å². The predicted octanol–water partition coefficient (Wildman–Crippen LogP) is 1.91. The first-order chi connectivity index (χ1) is 6.45. The molecule has 0 unspecified atom stereocenters. The maximum absolute atomic E-state index is 3.95. The Bertz CT molecular complexity index is 376. The van der Waals surface area contributed by atoms with Crippen LogP contribution < -0.4 is 0 Å². The minimum atomic E-state index is 1.15. The van der Waals surface area contributed by atoms with Crippen molar-refractivity contribution in [1.82, 2.24) is 14.8 Å². The molecule has 0 saturated heterocycles. The SMILES string of the molecule is C(=C\n1cncn1)/c1ccccc1. The second-order valence-corrected chi connectivity index (χ2v) is 2.60. The summed E-state index contributed by atoms with van der Waals surface area (Å²) < 4.78 is 1.66. The van der Waals surface area contributed by atoms with Gasteiger partial charge in [-0.3, -0.25) is 0 Å². The minimum Gasteiger partial charge on any atom is -0.228 e. The van der Waals surface area contributed by atoms with Crippen molar-refractivity contribution < 1.29 is 0 Å². The van der Waals surface area contributed by atoms with Crippen molar-refractivity contribution in [2.24, 2.45) is 0 Å². The molecule has 1 aromatic carbocycles. The van der Waals surface area contributed by atoms with Gasteiger partial charge in [0, 0.05) is 6.20 Å². The Kier molecular flexibility index (Phi) is 2.18. The number of hydrogen-bond donors (Lipinski definition) is 0. The average molecular weight is 171 g/mol. The molecule has 0 fully saturated rings. The second-order valence-electron chi connectivity index (χ2n) is 2.60. The monoisotopic (exact) mass is 171 g/mol. The Morgan fingerprint density at radius 2 is 2.00 bits per heavy atom. The Morgan fingerprint density at radius 3 is 2.69 bits per heavy atom. The van der Waals surface area contributed by atoms with Crippen LogP contribution in [0.15, 0.2) is 43.0 Å². The predicted molar refractivity (Wildman–Crippen MR) is 51.7 cm³/mol. The Morgan fingerprint density at radius 1 is 1.15 bits per heavy atom. The molecule has 0 radical (unpaired) electrons. The van der Waals surface area contributed by atoms with Crippen molar-refractivity contribution in [2.45, 2.75) is 0 Å². The molecule has 0 atom stereocenters. The highest BCUT2D eigenvalue weighted by molar-refractivity contribution is 5.59. The third-order valence-electron chi connectivity index (χ3n) is 1.66. The van der Waals surface area contributed by atoms with Gasteiger partial charge in [-0.05, 0) is 11.6 Å². The van der Waals surface area contributed by atoms with Crippen molar-refractivity contribution in [1.29, 1.82) is 0 Å². The van der Waals surface area contributed by atoms with E-state index in [1.165, 1.54) is 6.33 Å². The van der Waals surface area contributed by atoms with Crippen molar-refractivity contribution in [3.8, 4) is 0 Å². The molecule has 0 aliphatic carbocycles. The van der Waals surface area contributed by atoms with E-state index in [0.717, 1.165) is 5.56 Å². The maximum atomic E-state index is 3.95. The van der Waals surface area contributed by atoms with Gasteiger partial charge in [0.25, 0.3) is 0 Å². The van der Waals surface area contributed by atoms with Gasteiger partial charge in [-0.15, -0.1) is 0 Å². The molecule has 0 spiro atoms. The molecule has 3 heteroatoms. The molecule has 13 heavy (non-hydrogen) atoms. The van der Waals surface area contributed by atoms with Gasteiger partial charge in [0.2, 0.25) is 0 Å². The number of nitrogens with zero attached hydrogens (tertiary/aromatic N) is 3. The summed E-state index contributed by atoms with van der Waals surface area (Å²) in [5, 5.41) is 3.95. The van der Waals surface area contributed by atoms with E-state index in [0.29, 0.717) is 0 Å². The van der Waals surface area contributed by atoms with Gasteiger partial charge in [0.05, 0.1) is 0 Å². The highest BCUT2D eigenvalue weighted by atomic mass is 15.3. The first-order valence-electron chi connectivity index (χ1n) is 4.02. The number of aromatic nitrogens is 3. The third kappa shape index (κ3) is 2.02. The molecule has 0 aliphatic rings. The summed E-state index contributed by atoms with van der Waals surface area (Å²) in [5.41, 5.74) is 1.15. The van der Waals surface area contributed by atoms with Crippen LogP contribution in [0.2, 0.25) is 0 Å². The molecule has 2 aromatic rings. The lowest BCUT2D eigenvalue weighted by atomic mass is 10.2. The number of hydrogen-bond acceptors (Lipinski definition) is 2. The van der Waals surface area contributed by atoms with E-state index in [9.17, 15) is 0 Å². The van der Waals surface area contributed by atoms with E-state index in [4.69, 9.17) is 0 Å².